The molecular weight excluding hydrogens is 246 g/mol. The second kappa shape index (κ2) is 11.2. The Hall–Kier alpha value is -0.650. The van der Waals surface area contributed by atoms with E-state index in [1.54, 1.807) is 0 Å². The van der Waals surface area contributed by atoms with Gasteiger partial charge >= 0.3 is 5.97 Å². The van der Waals surface area contributed by atoms with Gasteiger partial charge in [0.25, 0.3) is 0 Å². The Morgan fingerprint density at radius 3 is 2.21 bits per heavy atom. The van der Waals surface area contributed by atoms with Crippen molar-refractivity contribution in [2.24, 2.45) is 0 Å². The van der Waals surface area contributed by atoms with Gasteiger partial charge in [0.05, 0.1) is 12.7 Å². The van der Waals surface area contributed by atoms with Gasteiger partial charge in [0.15, 0.2) is 0 Å². The number of unbranched alkanes of at least 4 members (excludes halogenated alkanes) is 4. The number of hydrogen-bond acceptors (Lipinski definition) is 4. The molecule has 0 rings (SSSR count). The molecule has 0 aromatic heterocycles. The quantitative estimate of drug-likeness (QED) is 0.470. The predicted molar refractivity (Wildman–Crippen MR) is 75.1 cm³/mol. The number of aliphatic hydroxyl groups is 2. The molecule has 0 radical (unpaired) electrons. The van der Waals surface area contributed by atoms with Gasteiger partial charge in [0.2, 0.25) is 0 Å². The first-order valence-electron chi connectivity index (χ1n) is 7.22. The van der Waals surface area contributed by atoms with E-state index >= 15 is 0 Å². The lowest BCUT2D eigenvalue weighted by molar-refractivity contribution is -0.137. The number of hydrogen-bond donors (Lipinski definition) is 3. The normalized spacial score (nSPS) is 13.2. The van der Waals surface area contributed by atoms with Crippen molar-refractivity contribution in [3.05, 3.63) is 0 Å². The summed E-state index contributed by atoms with van der Waals surface area (Å²) in [6.45, 7) is 5.38. The average Bonchev–Trinajstić information content (AvgIpc) is 2.35. The van der Waals surface area contributed by atoms with E-state index in [1.165, 1.54) is 0 Å². The lowest BCUT2D eigenvalue weighted by Crippen LogP contribution is -2.39. The summed E-state index contributed by atoms with van der Waals surface area (Å²) in [5.74, 6) is -0.719. The molecule has 114 valence electrons. The first kappa shape index (κ1) is 18.4. The van der Waals surface area contributed by atoms with E-state index in [9.17, 15) is 9.90 Å². The van der Waals surface area contributed by atoms with Crippen molar-refractivity contribution in [3.8, 4) is 0 Å². The zero-order valence-electron chi connectivity index (χ0n) is 12.2. The van der Waals surface area contributed by atoms with E-state index in [4.69, 9.17) is 10.2 Å². The maximum Gasteiger partial charge on any atom is 0.303 e. The number of carboxylic acids is 1. The van der Waals surface area contributed by atoms with Gasteiger partial charge in [-0.3, -0.25) is 9.69 Å². The first-order valence-corrected chi connectivity index (χ1v) is 7.22. The van der Waals surface area contributed by atoms with Crippen LogP contribution in [-0.4, -0.2) is 58.0 Å². The van der Waals surface area contributed by atoms with Crippen LogP contribution in [0.1, 0.15) is 52.4 Å². The Balaban J connectivity index is 3.61. The van der Waals surface area contributed by atoms with Gasteiger partial charge < -0.3 is 15.3 Å². The van der Waals surface area contributed by atoms with Gasteiger partial charge in [-0.25, -0.2) is 0 Å². The van der Waals surface area contributed by atoms with E-state index in [2.05, 4.69) is 18.7 Å². The number of carbonyl (C=O) groups is 1. The number of aliphatic hydroxyl groups excluding tert-OH is 2. The third-order valence-corrected chi connectivity index (χ3v) is 3.22. The Morgan fingerprint density at radius 2 is 1.68 bits per heavy atom. The molecule has 19 heavy (non-hydrogen) atoms. The molecule has 5 nitrogen and oxygen atoms in total. The molecule has 0 amide bonds. The van der Waals surface area contributed by atoms with Crippen LogP contribution in [0.2, 0.25) is 0 Å². The largest absolute Gasteiger partial charge is 0.481 e. The maximum absolute atomic E-state index is 10.3. The van der Waals surface area contributed by atoms with E-state index in [0.29, 0.717) is 12.6 Å². The molecule has 3 N–H and O–H groups in total. The summed E-state index contributed by atoms with van der Waals surface area (Å²) in [7, 11) is 0. The van der Waals surface area contributed by atoms with Crippen molar-refractivity contribution in [2.45, 2.75) is 64.5 Å². The highest BCUT2D eigenvalue weighted by atomic mass is 16.4. The average molecular weight is 275 g/mol. The Kier molecular flexibility index (Phi) is 10.8. The molecule has 5 heteroatoms. The second-order valence-corrected chi connectivity index (χ2v) is 5.34. The zero-order valence-corrected chi connectivity index (χ0v) is 12.2. The minimum Gasteiger partial charge on any atom is -0.481 e. The lowest BCUT2D eigenvalue weighted by Gasteiger charge is -2.28. The SMILES string of the molecule is CC(C)N(CCCCCCCC(=O)O)CC(O)CO. The van der Waals surface area contributed by atoms with E-state index < -0.39 is 12.1 Å². The molecule has 0 aromatic rings. The Morgan fingerprint density at radius 1 is 1.11 bits per heavy atom. The highest BCUT2D eigenvalue weighted by Gasteiger charge is 2.13. The van der Waals surface area contributed by atoms with Crippen LogP contribution < -0.4 is 0 Å². The smallest absolute Gasteiger partial charge is 0.303 e. The van der Waals surface area contributed by atoms with Crippen LogP contribution in [0.4, 0.5) is 0 Å². The molecule has 0 spiro atoms. The summed E-state index contributed by atoms with van der Waals surface area (Å²) >= 11 is 0. The van der Waals surface area contributed by atoms with Gasteiger partial charge in [0, 0.05) is 19.0 Å². The summed E-state index contributed by atoms with van der Waals surface area (Å²) in [5, 5.41) is 26.8. The van der Waals surface area contributed by atoms with Crippen molar-refractivity contribution >= 4 is 5.97 Å². The standard InChI is InChI=1S/C14H29NO4/c1-12(2)15(10-13(17)11-16)9-7-5-3-4-6-8-14(18)19/h12-13,16-17H,3-11H2,1-2H3,(H,18,19). The topological polar surface area (TPSA) is 81.0 Å². The summed E-state index contributed by atoms with van der Waals surface area (Å²) in [5.41, 5.74) is 0. The minimum atomic E-state index is -0.719. The molecular formula is C14H29NO4. The number of carboxylic acid groups (broad SMARTS) is 1. The fourth-order valence-electron chi connectivity index (χ4n) is 2.01. The predicted octanol–water partition coefficient (Wildman–Crippen LogP) is 1.48. The molecule has 0 fully saturated rings. The maximum atomic E-state index is 10.3. The molecule has 0 aliphatic rings. The molecule has 1 atom stereocenters. The fourth-order valence-corrected chi connectivity index (χ4v) is 2.01. The second-order valence-electron chi connectivity index (χ2n) is 5.34. The van der Waals surface area contributed by atoms with Crippen molar-refractivity contribution < 1.29 is 20.1 Å². The molecule has 0 aromatic carbocycles. The third-order valence-electron chi connectivity index (χ3n) is 3.22. The lowest BCUT2D eigenvalue weighted by atomic mass is 10.1. The number of nitrogens with zero attached hydrogens (tertiary/aromatic N) is 1. The number of rotatable bonds is 12. The van der Waals surface area contributed by atoms with Crippen LogP contribution >= 0.6 is 0 Å². The van der Waals surface area contributed by atoms with Gasteiger partial charge in [0.1, 0.15) is 0 Å². The van der Waals surface area contributed by atoms with Crippen LogP contribution in [0.3, 0.4) is 0 Å². The van der Waals surface area contributed by atoms with Crippen LogP contribution in [0.25, 0.3) is 0 Å². The Bertz CT molecular complexity index is 233. The van der Waals surface area contributed by atoms with Crippen LogP contribution in [0, 0.1) is 0 Å². The highest BCUT2D eigenvalue weighted by Crippen LogP contribution is 2.08. The van der Waals surface area contributed by atoms with Crippen molar-refractivity contribution in [1.82, 2.24) is 4.90 Å². The molecule has 0 saturated carbocycles. The van der Waals surface area contributed by atoms with Gasteiger partial charge in [-0.05, 0) is 33.2 Å². The van der Waals surface area contributed by atoms with Crippen LogP contribution in [0.5, 0.6) is 0 Å². The first-order chi connectivity index (χ1) is 8.97. The molecule has 1 unspecified atom stereocenters. The van der Waals surface area contributed by atoms with Crippen molar-refractivity contribution in [1.29, 1.82) is 0 Å². The summed E-state index contributed by atoms with van der Waals surface area (Å²) in [4.78, 5) is 12.5. The minimum absolute atomic E-state index is 0.196. The number of aliphatic carboxylic acids is 1. The van der Waals surface area contributed by atoms with Gasteiger partial charge in [-0.1, -0.05) is 19.3 Å². The molecule has 0 aliphatic heterocycles. The monoisotopic (exact) mass is 275 g/mol. The molecule has 0 saturated heterocycles. The summed E-state index contributed by atoms with van der Waals surface area (Å²) in [6, 6.07) is 0.355. The fraction of sp³-hybridized carbons (Fsp3) is 0.929. The van der Waals surface area contributed by atoms with Crippen molar-refractivity contribution in [2.75, 3.05) is 19.7 Å². The van der Waals surface area contributed by atoms with Gasteiger partial charge in [-0.15, -0.1) is 0 Å². The molecule has 0 heterocycles. The Labute approximate surface area is 116 Å². The van der Waals surface area contributed by atoms with Crippen molar-refractivity contribution in [3.63, 3.8) is 0 Å². The third kappa shape index (κ3) is 10.9. The van der Waals surface area contributed by atoms with Crippen LogP contribution in [0.15, 0.2) is 0 Å². The molecule has 0 aliphatic carbocycles. The highest BCUT2D eigenvalue weighted by molar-refractivity contribution is 5.66. The molecule has 0 bridgehead atoms. The summed E-state index contributed by atoms with van der Waals surface area (Å²) < 4.78 is 0. The van der Waals surface area contributed by atoms with E-state index in [1.807, 2.05) is 0 Å². The zero-order chi connectivity index (χ0) is 14.7. The van der Waals surface area contributed by atoms with E-state index in [-0.39, 0.29) is 13.0 Å². The summed E-state index contributed by atoms with van der Waals surface area (Å²) in [6.07, 6.45) is 4.50. The van der Waals surface area contributed by atoms with Gasteiger partial charge in [-0.2, -0.15) is 0 Å². The van der Waals surface area contributed by atoms with E-state index in [0.717, 1.165) is 38.6 Å². The van der Waals surface area contributed by atoms with Crippen LogP contribution in [-0.2, 0) is 4.79 Å².